The molecule has 0 heterocycles. The maximum Gasteiger partial charge on any atom is 0.223 e. The summed E-state index contributed by atoms with van der Waals surface area (Å²) in [5, 5.41) is 2.91. The number of amides is 2. The van der Waals surface area contributed by atoms with Gasteiger partial charge in [0, 0.05) is 50.9 Å². The van der Waals surface area contributed by atoms with Crippen molar-refractivity contribution < 1.29 is 9.59 Å². The van der Waals surface area contributed by atoms with E-state index in [0.717, 1.165) is 35.6 Å². The maximum absolute atomic E-state index is 12.2. The third-order valence-corrected chi connectivity index (χ3v) is 4.87. The van der Waals surface area contributed by atoms with Crippen molar-refractivity contribution in [3.63, 3.8) is 0 Å². The van der Waals surface area contributed by atoms with Crippen LogP contribution in [0.4, 0.5) is 11.4 Å². The number of benzene rings is 2. The SMILES string of the molecule is CCN(CC)c1ccc(N(CCC(=O)NCc2ccccc2)C(C)=O)c(C)c1. The molecule has 2 aromatic carbocycles. The molecule has 0 saturated heterocycles. The van der Waals surface area contributed by atoms with Crippen LogP contribution in [0.1, 0.15) is 38.3 Å². The Hall–Kier alpha value is -2.82. The van der Waals surface area contributed by atoms with Crippen LogP contribution in [0.2, 0.25) is 0 Å². The molecule has 28 heavy (non-hydrogen) atoms. The topological polar surface area (TPSA) is 52.6 Å². The molecule has 0 spiro atoms. The van der Waals surface area contributed by atoms with Crippen LogP contribution >= 0.6 is 0 Å². The first-order chi connectivity index (χ1) is 13.5. The van der Waals surface area contributed by atoms with Crippen LogP contribution in [0, 0.1) is 6.92 Å². The molecule has 0 fully saturated rings. The fourth-order valence-electron chi connectivity index (χ4n) is 3.27. The van der Waals surface area contributed by atoms with Crippen LogP contribution in [0.5, 0.6) is 0 Å². The Morgan fingerprint density at radius 1 is 1.00 bits per heavy atom. The van der Waals surface area contributed by atoms with Crippen molar-refractivity contribution in [2.24, 2.45) is 0 Å². The van der Waals surface area contributed by atoms with Gasteiger partial charge in [0.25, 0.3) is 0 Å². The third-order valence-electron chi connectivity index (χ3n) is 4.87. The Morgan fingerprint density at radius 2 is 1.68 bits per heavy atom. The Kier molecular flexibility index (Phi) is 8.05. The predicted octanol–water partition coefficient (Wildman–Crippen LogP) is 3.90. The molecule has 0 atom stereocenters. The summed E-state index contributed by atoms with van der Waals surface area (Å²) < 4.78 is 0. The number of hydrogen-bond donors (Lipinski definition) is 1. The highest BCUT2D eigenvalue weighted by Crippen LogP contribution is 2.26. The van der Waals surface area contributed by atoms with Gasteiger partial charge >= 0.3 is 0 Å². The highest BCUT2D eigenvalue weighted by Gasteiger charge is 2.16. The molecule has 0 bridgehead atoms. The smallest absolute Gasteiger partial charge is 0.223 e. The Labute approximate surface area is 168 Å². The van der Waals surface area contributed by atoms with E-state index in [0.29, 0.717) is 13.1 Å². The molecule has 0 aliphatic rings. The van der Waals surface area contributed by atoms with Gasteiger partial charge in [0.1, 0.15) is 0 Å². The molecule has 0 saturated carbocycles. The van der Waals surface area contributed by atoms with Crippen molar-refractivity contribution in [2.75, 3.05) is 29.4 Å². The molecule has 0 aromatic heterocycles. The average molecular weight is 382 g/mol. The van der Waals surface area contributed by atoms with Crippen LogP contribution < -0.4 is 15.1 Å². The van der Waals surface area contributed by atoms with Crippen molar-refractivity contribution >= 4 is 23.2 Å². The lowest BCUT2D eigenvalue weighted by molar-refractivity contribution is -0.121. The molecular formula is C23H31N3O2. The van der Waals surface area contributed by atoms with Gasteiger partial charge in [-0.05, 0) is 50.1 Å². The fraction of sp³-hybridized carbons (Fsp3) is 0.391. The van der Waals surface area contributed by atoms with Crippen molar-refractivity contribution in [3.05, 3.63) is 59.7 Å². The second-order valence-electron chi connectivity index (χ2n) is 6.83. The second-order valence-corrected chi connectivity index (χ2v) is 6.83. The summed E-state index contributed by atoms with van der Waals surface area (Å²) >= 11 is 0. The van der Waals surface area contributed by atoms with Gasteiger partial charge in [-0.3, -0.25) is 9.59 Å². The number of nitrogens with zero attached hydrogens (tertiary/aromatic N) is 2. The minimum Gasteiger partial charge on any atom is -0.372 e. The molecule has 2 rings (SSSR count). The minimum atomic E-state index is -0.0625. The zero-order valence-corrected chi connectivity index (χ0v) is 17.4. The number of anilines is 2. The molecule has 2 aromatic rings. The number of aryl methyl sites for hydroxylation is 1. The summed E-state index contributed by atoms with van der Waals surface area (Å²) in [5.74, 6) is -0.123. The first-order valence-corrected chi connectivity index (χ1v) is 9.90. The lowest BCUT2D eigenvalue weighted by Crippen LogP contribution is -2.34. The lowest BCUT2D eigenvalue weighted by atomic mass is 10.1. The number of carbonyl (C=O) groups excluding carboxylic acids is 2. The van der Waals surface area contributed by atoms with E-state index in [1.807, 2.05) is 49.4 Å². The highest BCUT2D eigenvalue weighted by atomic mass is 16.2. The Morgan fingerprint density at radius 3 is 2.25 bits per heavy atom. The summed E-state index contributed by atoms with van der Waals surface area (Å²) in [6.07, 6.45) is 0.268. The first-order valence-electron chi connectivity index (χ1n) is 9.90. The first kappa shape index (κ1) is 21.5. The number of rotatable bonds is 9. The van der Waals surface area contributed by atoms with Gasteiger partial charge in [0.05, 0.1) is 0 Å². The van der Waals surface area contributed by atoms with Gasteiger partial charge in [0.2, 0.25) is 11.8 Å². The number of carbonyl (C=O) groups is 2. The van der Waals surface area contributed by atoms with E-state index >= 15 is 0 Å². The molecule has 1 N–H and O–H groups in total. The van der Waals surface area contributed by atoms with E-state index in [1.165, 1.54) is 0 Å². The van der Waals surface area contributed by atoms with Crippen molar-refractivity contribution in [1.82, 2.24) is 5.32 Å². The monoisotopic (exact) mass is 381 g/mol. The average Bonchev–Trinajstić information content (AvgIpc) is 2.69. The second kappa shape index (κ2) is 10.5. The standard InChI is InChI=1S/C23H31N3O2/c1-5-25(6-2)21-12-13-22(18(3)16-21)26(19(4)27)15-14-23(28)24-17-20-10-8-7-9-11-20/h7-13,16H,5-6,14-15,17H2,1-4H3,(H,24,28). The zero-order valence-electron chi connectivity index (χ0n) is 17.4. The third kappa shape index (κ3) is 5.84. The van der Waals surface area contributed by atoms with E-state index in [-0.39, 0.29) is 18.2 Å². The van der Waals surface area contributed by atoms with Crippen LogP contribution in [0.3, 0.4) is 0 Å². The molecular weight excluding hydrogens is 350 g/mol. The van der Waals surface area contributed by atoms with E-state index in [2.05, 4.69) is 30.1 Å². The highest BCUT2D eigenvalue weighted by molar-refractivity contribution is 5.93. The molecule has 0 radical (unpaired) electrons. The van der Waals surface area contributed by atoms with E-state index in [4.69, 9.17) is 0 Å². The molecule has 0 unspecified atom stereocenters. The van der Waals surface area contributed by atoms with E-state index in [9.17, 15) is 9.59 Å². The largest absolute Gasteiger partial charge is 0.372 e. The maximum atomic E-state index is 12.2. The van der Waals surface area contributed by atoms with Gasteiger partial charge in [-0.15, -0.1) is 0 Å². The van der Waals surface area contributed by atoms with Crippen LogP contribution in [-0.2, 0) is 16.1 Å². The molecule has 5 nitrogen and oxygen atoms in total. The summed E-state index contributed by atoms with van der Waals surface area (Å²) in [6, 6.07) is 15.9. The van der Waals surface area contributed by atoms with Crippen LogP contribution in [0.15, 0.2) is 48.5 Å². The normalized spacial score (nSPS) is 10.4. The predicted molar refractivity (Wildman–Crippen MR) is 116 cm³/mol. The van der Waals surface area contributed by atoms with Crippen molar-refractivity contribution in [2.45, 2.75) is 40.7 Å². The fourth-order valence-corrected chi connectivity index (χ4v) is 3.27. The molecule has 0 aliphatic carbocycles. The van der Waals surface area contributed by atoms with Gasteiger partial charge < -0.3 is 15.1 Å². The quantitative estimate of drug-likeness (QED) is 0.717. The summed E-state index contributed by atoms with van der Waals surface area (Å²) in [7, 11) is 0. The van der Waals surface area contributed by atoms with Gasteiger partial charge in [-0.1, -0.05) is 30.3 Å². The minimum absolute atomic E-state index is 0.0606. The van der Waals surface area contributed by atoms with Crippen molar-refractivity contribution in [1.29, 1.82) is 0 Å². The Bertz CT molecular complexity index is 786. The number of nitrogens with one attached hydrogen (secondary N) is 1. The molecule has 0 aliphatic heterocycles. The number of hydrogen-bond acceptors (Lipinski definition) is 3. The van der Waals surface area contributed by atoms with Crippen molar-refractivity contribution in [3.8, 4) is 0 Å². The molecule has 2 amide bonds. The Balaban J connectivity index is 2.01. The lowest BCUT2D eigenvalue weighted by Gasteiger charge is -2.26. The summed E-state index contributed by atoms with van der Waals surface area (Å²) in [6.45, 7) is 10.5. The van der Waals surface area contributed by atoms with E-state index in [1.54, 1.807) is 11.8 Å². The van der Waals surface area contributed by atoms with Crippen LogP contribution in [0.25, 0.3) is 0 Å². The summed E-state index contributed by atoms with van der Waals surface area (Å²) in [4.78, 5) is 28.4. The van der Waals surface area contributed by atoms with E-state index < -0.39 is 0 Å². The molecule has 150 valence electrons. The van der Waals surface area contributed by atoms with Gasteiger partial charge in [-0.25, -0.2) is 0 Å². The van der Waals surface area contributed by atoms with Crippen LogP contribution in [-0.4, -0.2) is 31.4 Å². The van der Waals surface area contributed by atoms with Gasteiger partial charge in [-0.2, -0.15) is 0 Å². The van der Waals surface area contributed by atoms with Gasteiger partial charge in [0.15, 0.2) is 0 Å². The zero-order chi connectivity index (χ0) is 20.5. The molecule has 5 heteroatoms. The summed E-state index contributed by atoms with van der Waals surface area (Å²) in [5.41, 5.74) is 4.10.